The predicted octanol–water partition coefficient (Wildman–Crippen LogP) is 4.29. The molecule has 102 valence electrons. The topological polar surface area (TPSA) is 26.3 Å². The molecule has 3 fully saturated rings. The van der Waals surface area contributed by atoms with Gasteiger partial charge in [-0.25, -0.2) is 0 Å². The minimum Gasteiger partial charge on any atom is -0.469 e. The summed E-state index contributed by atoms with van der Waals surface area (Å²) >= 11 is 3.47. The highest BCUT2D eigenvalue weighted by Gasteiger charge is 2.53. The van der Waals surface area contributed by atoms with Crippen molar-refractivity contribution in [1.29, 1.82) is 0 Å². The van der Waals surface area contributed by atoms with Crippen molar-refractivity contribution in [3.8, 4) is 0 Å². The summed E-state index contributed by atoms with van der Waals surface area (Å²) in [5.41, 5.74) is 1.02. The Morgan fingerprint density at radius 2 is 1.89 bits per heavy atom. The molecular formula is C16H19BrO2. The Morgan fingerprint density at radius 1 is 1.26 bits per heavy atom. The molecule has 3 aliphatic carbocycles. The van der Waals surface area contributed by atoms with Gasteiger partial charge in [-0.15, -0.1) is 0 Å². The van der Waals surface area contributed by atoms with E-state index >= 15 is 0 Å². The van der Waals surface area contributed by atoms with Gasteiger partial charge in [0, 0.05) is 10.4 Å². The van der Waals surface area contributed by atoms with Crippen LogP contribution in [0.3, 0.4) is 0 Å². The Bertz CT molecular complexity index is 472. The Labute approximate surface area is 122 Å². The maximum Gasteiger partial charge on any atom is 0.312 e. The van der Waals surface area contributed by atoms with Crippen LogP contribution in [-0.4, -0.2) is 13.1 Å². The van der Waals surface area contributed by atoms with Gasteiger partial charge in [-0.1, -0.05) is 28.1 Å². The van der Waals surface area contributed by atoms with Crippen LogP contribution in [0, 0.1) is 11.3 Å². The van der Waals surface area contributed by atoms with Gasteiger partial charge in [-0.05, 0) is 55.7 Å². The van der Waals surface area contributed by atoms with E-state index in [1.807, 2.05) is 0 Å². The molecule has 1 aromatic carbocycles. The molecule has 0 aliphatic heterocycles. The zero-order valence-corrected chi connectivity index (χ0v) is 12.8. The summed E-state index contributed by atoms with van der Waals surface area (Å²) in [6, 6.07) is 8.45. The van der Waals surface area contributed by atoms with Crippen LogP contribution >= 0.6 is 15.9 Å². The number of methoxy groups -OCH3 is 1. The summed E-state index contributed by atoms with van der Waals surface area (Å²) < 4.78 is 6.22. The average Bonchev–Trinajstić information content (AvgIpc) is 2.48. The Morgan fingerprint density at radius 3 is 2.47 bits per heavy atom. The summed E-state index contributed by atoms with van der Waals surface area (Å²) in [4.78, 5) is 12.4. The van der Waals surface area contributed by atoms with E-state index in [4.69, 9.17) is 4.74 Å². The van der Waals surface area contributed by atoms with Crippen LogP contribution in [0.25, 0.3) is 0 Å². The van der Waals surface area contributed by atoms with Crippen molar-refractivity contribution < 1.29 is 9.53 Å². The van der Waals surface area contributed by atoms with Gasteiger partial charge in [-0.2, -0.15) is 0 Å². The van der Waals surface area contributed by atoms with Gasteiger partial charge in [0.15, 0.2) is 0 Å². The van der Waals surface area contributed by atoms with Crippen LogP contribution < -0.4 is 0 Å². The fourth-order valence-electron chi connectivity index (χ4n) is 4.04. The molecule has 2 bridgehead atoms. The van der Waals surface area contributed by atoms with Crippen molar-refractivity contribution in [2.45, 2.75) is 38.0 Å². The van der Waals surface area contributed by atoms with Gasteiger partial charge in [0.25, 0.3) is 0 Å². The van der Waals surface area contributed by atoms with Crippen molar-refractivity contribution in [1.82, 2.24) is 0 Å². The van der Waals surface area contributed by atoms with Gasteiger partial charge >= 0.3 is 5.97 Å². The standard InChI is InChI=1S/C16H19BrO2/c1-19-15(18)16-8-6-11(7-9-16)10-14(16)12-2-4-13(17)5-3-12/h2-5,11,14H,6-10H2,1H3. The van der Waals surface area contributed by atoms with Gasteiger partial charge in [0.05, 0.1) is 12.5 Å². The van der Waals surface area contributed by atoms with Gasteiger partial charge in [-0.3, -0.25) is 4.79 Å². The lowest BCUT2D eigenvalue weighted by molar-refractivity contribution is -0.161. The second-order valence-corrected chi connectivity index (χ2v) is 6.85. The van der Waals surface area contributed by atoms with Gasteiger partial charge in [0.2, 0.25) is 0 Å². The highest BCUT2D eigenvalue weighted by atomic mass is 79.9. The zero-order valence-electron chi connectivity index (χ0n) is 11.2. The smallest absolute Gasteiger partial charge is 0.312 e. The van der Waals surface area contributed by atoms with Crippen LogP contribution in [0.1, 0.15) is 43.6 Å². The molecular weight excluding hydrogens is 304 g/mol. The van der Waals surface area contributed by atoms with Crippen LogP contribution in [0.4, 0.5) is 0 Å². The molecule has 0 spiro atoms. The van der Waals surface area contributed by atoms with E-state index < -0.39 is 0 Å². The maximum atomic E-state index is 12.4. The molecule has 1 aromatic rings. The average molecular weight is 323 g/mol. The molecule has 3 heteroatoms. The molecule has 1 atom stereocenters. The quantitative estimate of drug-likeness (QED) is 0.759. The molecule has 19 heavy (non-hydrogen) atoms. The third kappa shape index (κ3) is 2.12. The second-order valence-electron chi connectivity index (χ2n) is 5.93. The molecule has 0 heterocycles. The van der Waals surface area contributed by atoms with Crippen LogP contribution in [0.5, 0.6) is 0 Å². The fourth-order valence-corrected chi connectivity index (χ4v) is 4.30. The number of benzene rings is 1. The van der Waals surface area contributed by atoms with Crippen molar-refractivity contribution in [2.24, 2.45) is 11.3 Å². The summed E-state index contributed by atoms with van der Waals surface area (Å²) in [5, 5.41) is 0. The summed E-state index contributed by atoms with van der Waals surface area (Å²) in [5.74, 6) is 1.12. The fraction of sp³-hybridized carbons (Fsp3) is 0.562. The first-order valence-electron chi connectivity index (χ1n) is 6.99. The Balaban J connectivity index is 1.98. The van der Waals surface area contributed by atoms with E-state index in [0.29, 0.717) is 5.92 Å². The highest BCUT2D eigenvalue weighted by Crippen LogP contribution is 2.58. The molecule has 3 saturated carbocycles. The van der Waals surface area contributed by atoms with E-state index in [0.717, 1.165) is 29.7 Å². The number of halogens is 1. The lowest BCUT2D eigenvalue weighted by Crippen LogP contribution is -2.46. The molecule has 0 amide bonds. The molecule has 3 aliphatic rings. The third-order valence-corrected chi connectivity index (χ3v) is 5.63. The van der Waals surface area contributed by atoms with E-state index in [9.17, 15) is 4.79 Å². The summed E-state index contributed by atoms with van der Waals surface area (Å²) in [7, 11) is 1.52. The first-order valence-corrected chi connectivity index (χ1v) is 7.79. The minimum atomic E-state index is -0.267. The number of esters is 1. The maximum absolute atomic E-state index is 12.4. The van der Waals surface area contributed by atoms with E-state index in [1.165, 1.54) is 25.5 Å². The van der Waals surface area contributed by atoms with E-state index in [2.05, 4.69) is 40.2 Å². The highest BCUT2D eigenvalue weighted by molar-refractivity contribution is 9.10. The summed E-state index contributed by atoms with van der Waals surface area (Å²) in [6.07, 6.45) is 5.48. The normalized spacial score (nSPS) is 33.2. The van der Waals surface area contributed by atoms with Crippen LogP contribution in [0.2, 0.25) is 0 Å². The zero-order chi connectivity index (χ0) is 13.5. The summed E-state index contributed by atoms with van der Waals surface area (Å²) in [6.45, 7) is 0. The number of carbonyl (C=O) groups is 1. The molecule has 1 unspecified atom stereocenters. The minimum absolute atomic E-state index is 0.00133. The largest absolute Gasteiger partial charge is 0.469 e. The molecule has 2 nitrogen and oxygen atoms in total. The number of ether oxygens (including phenoxy) is 1. The van der Waals surface area contributed by atoms with E-state index in [-0.39, 0.29) is 11.4 Å². The Kier molecular flexibility index (Phi) is 3.42. The number of hydrogen-bond acceptors (Lipinski definition) is 2. The SMILES string of the molecule is COC(=O)C12CCC(CC1)CC2c1ccc(Br)cc1. The molecule has 0 saturated heterocycles. The first-order chi connectivity index (χ1) is 9.15. The molecule has 0 radical (unpaired) electrons. The van der Waals surface area contributed by atoms with Crippen molar-refractivity contribution in [2.75, 3.05) is 7.11 Å². The predicted molar refractivity (Wildman–Crippen MR) is 77.9 cm³/mol. The number of fused-ring (bicyclic) bond motifs is 3. The van der Waals surface area contributed by atoms with Crippen molar-refractivity contribution >= 4 is 21.9 Å². The monoisotopic (exact) mass is 322 g/mol. The first kappa shape index (κ1) is 13.2. The van der Waals surface area contributed by atoms with Crippen LogP contribution in [0.15, 0.2) is 28.7 Å². The van der Waals surface area contributed by atoms with Gasteiger partial charge in [0.1, 0.15) is 0 Å². The molecule has 0 N–H and O–H groups in total. The molecule has 0 aromatic heterocycles. The van der Waals surface area contributed by atoms with Crippen LogP contribution in [-0.2, 0) is 9.53 Å². The third-order valence-electron chi connectivity index (χ3n) is 5.10. The Hall–Kier alpha value is -0.830. The second kappa shape index (κ2) is 4.93. The lowest BCUT2D eigenvalue weighted by Gasteiger charge is -2.50. The van der Waals surface area contributed by atoms with Crippen molar-refractivity contribution in [3.63, 3.8) is 0 Å². The van der Waals surface area contributed by atoms with Gasteiger partial charge < -0.3 is 4.74 Å². The number of rotatable bonds is 2. The number of carbonyl (C=O) groups excluding carboxylic acids is 1. The van der Waals surface area contributed by atoms with Crippen molar-refractivity contribution in [3.05, 3.63) is 34.3 Å². The van der Waals surface area contributed by atoms with E-state index in [1.54, 1.807) is 0 Å². The lowest BCUT2D eigenvalue weighted by atomic mass is 9.53. The molecule has 4 rings (SSSR count). The number of hydrogen-bond donors (Lipinski definition) is 0.